The van der Waals surface area contributed by atoms with Crippen molar-refractivity contribution in [2.75, 3.05) is 11.9 Å². The lowest BCUT2D eigenvalue weighted by Crippen LogP contribution is -2.32. The second-order valence-electron chi connectivity index (χ2n) is 6.63. The predicted octanol–water partition coefficient (Wildman–Crippen LogP) is 3.99. The standard InChI is InChI=1S/C22H22N2O2/c1-5-10-24-21(25)19(17-8-6-14(2)7-9-17)20(22(24)26)23-18-12-15(3)11-16(4)13-18/h5-9,11-13,23H,1,10H2,2-4H3. The van der Waals surface area contributed by atoms with E-state index < -0.39 is 0 Å². The fourth-order valence-corrected chi connectivity index (χ4v) is 3.17. The number of benzene rings is 2. The van der Waals surface area contributed by atoms with Crippen molar-refractivity contribution in [2.24, 2.45) is 0 Å². The molecule has 0 aromatic heterocycles. The molecule has 2 aromatic rings. The largest absolute Gasteiger partial charge is 0.350 e. The van der Waals surface area contributed by atoms with Crippen LogP contribution >= 0.6 is 0 Å². The van der Waals surface area contributed by atoms with E-state index in [0.29, 0.717) is 11.3 Å². The number of anilines is 1. The zero-order chi connectivity index (χ0) is 18.8. The summed E-state index contributed by atoms with van der Waals surface area (Å²) < 4.78 is 0. The number of carbonyl (C=O) groups is 2. The van der Waals surface area contributed by atoms with Gasteiger partial charge < -0.3 is 5.32 Å². The van der Waals surface area contributed by atoms with Crippen LogP contribution in [-0.2, 0) is 9.59 Å². The number of carbonyl (C=O) groups excluding carboxylic acids is 2. The van der Waals surface area contributed by atoms with Crippen LogP contribution in [0.4, 0.5) is 5.69 Å². The van der Waals surface area contributed by atoms with Crippen LogP contribution < -0.4 is 5.32 Å². The van der Waals surface area contributed by atoms with Crippen LogP contribution in [0.15, 0.2) is 60.8 Å². The number of nitrogens with one attached hydrogen (secondary N) is 1. The van der Waals surface area contributed by atoms with Crippen LogP contribution in [0.5, 0.6) is 0 Å². The first-order valence-corrected chi connectivity index (χ1v) is 8.54. The summed E-state index contributed by atoms with van der Waals surface area (Å²) >= 11 is 0. The fraction of sp³-hybridized carbons (Fsp3) is 0.182. The van der Waals surface area contributed by atoms with Crippen molar-refractivity contribution in [1.29, 1.82) is 0 Å². The van der Waals surface area contributed by atoms with Gasteiger partial charge in [0, 0.05) is 12.2 Å². The second-order valence-corrected chi connectivity index (χ2v) is 6.63. The molecule has 0 saturated carbocycles. The molecular formula is C22H22N2O2. The highest BCUT2D eigenvalue weighted by molar-refractivity contribution is 6.36. The minimum absolute atomic E-state index is 0.186. The van der Waals surface area contributed by atoms with E-state index in [9.17, 15) is 9.59 Å². The van der Waals surface area contributed by atoms with Gasteiger partial charge in [-0.25, -0.2) is 0 Å². The van der Waals surface area contributed by atoms with Crippen LogP contribution in [0.3, 0.4) is 0 Å². The van der Waals surface area contributed by atoms with Crippen molar-refractivity contribution in [2.45, 2.75) is 20.8 Å². The smallest absolute Gasteiger partial charge is 0.278 e. The topological polar surface area (TPSA) is 49.4 Å². The lowest BCUT2D eigenvalue weighted by atomic mass is 10.0. The summed E-state index contributed by atoms with van der Waals surface area (Å²) in [5.41, 5.74) is 5.50. The molecule has 1 heterocycles. The zero-order valence-electron chi connectivity index (χ0n) is 15.3. The summed E-state index contributed by atoms with van der Waals surface area (Å²) in [6.07, 6.45) is 1.56. The monoisotopic (exact) mass is 346 g/mol. The average molecular weight is 346 g/mol. The number of hydrogen-bond donors (Lipinski definition) is 1. The van der Waals surface area contributed by atoms with Crippen molar-refractivity contribution < 1.29 is 9.59 Å². The van der Waals surface area contributed by atoms with Gasteiger partial charge in [0.15, 0.2) is 0 Å². The first kappa shape index (κ1) is 17.7. The first-order chi connectivity index (χ1) is 12.4. The van der Waals surface area contributed by atoms with Gasteiger partial charge in [0.25, 0.3) is 11.8 Å². The van der Waals surface area contributed by atoms with E-state index in [4.69, 9.17) is 0 Å². The van der Waals surface area contributed by atoms with Gasteiger partial charge in [0.1, 0.15) is 5.70 Å². The molecule has 2 amide bonds. The molecule has 1 N–H and O–H groups in total. The molecule has 0 saturated heterocycles. The molecule has 4 nitrogen and oxygen atoms in total. The maximum atomic E-state index is 12.9. The maximum absolute atomic E-state index is 12.9. The van der Waals surface area contributed by atoms with Crippen molar-refractivity contribution >= 4 is 23.1 Å². The fourth-order valence-electron chi connectivity index (χ4n) is 3.17. The number of imide groups is 1. The normalized spacial score (nSPS) is 14.2. The highest BCUT2D eigenvalue weighted by Crippen LogP contribution is 2.31. The quantitative estimate of drug-likeness (QED) is 0.658. The molecule has 2 aromatic carbocycles. The lowest BCUT2D eigenvalue weighted by molar-refractivity contribution is -0.136. The predicted molar refractivity (Wildman–Crippen MR) is 105 cm³/mol. The van der Waals surface area contributed by atoms with Gasteiger partial charge in [0.05, 0.1) is 5.57 Å². The van der Waals surface area contributed by atoms with E-state index in [1.165, 1.54) is 4.90 Å². The van der Waals surface area contributed by atoms with Crippen molar-refractivity contribution in [1.82, 2.24) is 4.90 Å². The Morgan fingerprint density at radius 3 is 2.12 bits per heavy atom. The molecular weight excluding hydrogens is 324 g/mol. The molecule has 26 heavy (non-hydrogen) atoms. The minimum atomic E-state index is -0.329. The Kier molecular flexibility index (Phi) is 4.76. The number of rotatable bonds is 5. The summed E-state index contributed by atoms with van der Waals surface area (Å²) in [7, 11) is 0. The van der Waals surface area contributed by atoms with Gasteiger partial charge in [-0.3, -0.25) is 14.5 Å². The summed E-state index contributed by atoms with van der Waals surface area (Å²) in [6, 6.07) is 13.6. The third-order valence-electron chi connectivity index (χ3n) is 4.31. The molecule has 0 fully saturated rings. The Hall–Kier alpha value is -3.14. The Morgan fingerprint density at radius 2 is 1.54 bits per heavy atom. The molecule has 0 atom stereocenters. The van der Waals surface area contributed by atoms with Gasteiger partial charge in [0.2, 0.25) is 0 Å². The highest BCUT2D eigenvalue weighted by atomic mass is 16.2. The molecule has 0 unspecified atom stereocenters. The number of amides is 2. The molecule has 3 rings (SSSR count). The van der Waals surface area contributed by atoms with Gasteiger partial charge in [-0.1, -0.05) is 42.0 Å². The third kappa shape index (κ3) is 3.31. The van der Waals surface area contributed by atoms with Crippen LogP contribution in [0.1, 0.15) is 22.3 Å². The molecule has 0 aliphatic carbocycles. The van der Waals surface area contributed by atoms with E-state index in [1.54, 1.807) is 6.08 Å². The molecule has 0 bridgehead atoms. The Morgan fingerprint density at radius 1 is 0.923 bits per heavy atom. The second kappa shape index (κ2) is 7.00. The summed E-state index contributed by atoms with van der Waals surface area (Å²) in [5, 5.41) is 3.19. The van der Waals surface area contributed by atoms with Gasteiger partial charge >= 0.3 is 0 Å². The van der Waals surface area contributed by atoms with Crippen LogP contribution in [-0.4, -0.2) is 23.3 Å². The molecule has 0 radical (unpaired) electrons. The Labute approximate surface area is 153 Å². The summed E-state index contributed by atoms with van der Waals surface area (Å²) in [6.45, 7) is 9.82. The Balaban J connectivity index is 2.10. The van der Waals surface area contributed by atoms with Crippen molar-refractivity contribution in [3.05, 3.63) is 83.1 Å². The van der Waals surface area contributed by atoms with Crippen molar-refractivity contribution in [3.63, 3.8) is 0 Å². The van der Waals surface area contributed by atoms with Crippen LogP contribution in [0, 0.1) is 20.8 Å². The number of aryl methyl sites for hydroxylation is 3. The molecule has 0 spiro atoms. The van der Waals surface area contributed by atoms with Crippen LogP contribution in [0.25, 0.3) is 5.57 Å². The lowest BCUT2D eigenvalue weighted by Gasteiger charge is -2.13. The van der Waals surface area contributed by atoms with E-state index in [2.05, 4.69) is 18.0 Å². The van der Waals surface area contributed by atoms with Gasteiger partial charge in [-0.05, 0) is 49.6 Å². The highest BCUT2D eigenvalue weighted by Gasteiger charge is 2.38. The Bertz CT molecular complexity index is 903. The summed E-state index contributed by atoms with van der Waals surface area (Å²) in [4.78, 5) is 27.0. The van der Waals surface area contributed by atoms with E-state index >= 15 is 0 Å². The van der Waals surface area contributed by atoms with Gasteiger partial charge in [-0.15, -0.1) is 6.58 Å². The van der Waals surface area contributed by atoms with E-state index in [1.807, 2.05) is 57.2 Å². The van der Waals surface area contributed by atoms with Gasteiger partial charge in [-0.2, -0.15) is 0 Å². The SMILES string of the molecule is C=CCN1C(=O)C(Nc2cc(C)cc(C)c2)=C(c2ccc(C)cc2)C1=O. The molecule has 4 heteroatoms. The average Bonchev–Trinajstić information content (AvgIpc) is 2.80. The maximum Gasteiger partial charge on any atom is 0.278 e. The van der Waals surface area contributed by atoms with E-state index in [0.717, 1.165) is 27.9 Å². The molecule has 1 aliphatic rings. The molecule has 132 valence electrons. The molecule has 1 aliphatic heterocycles. The number of hydrogen-bond acceptors (Lipinski definition) is 3. The zero-order valence-corrected chi connectivity index (χ0v) is 15.3. The summed E-state index contributed by atoms with van der Waals surface area (Å²) in [5.74, 6) is -0.629. The minimum Gasteiger partial charge on any atom is -0.350 e. The first-order valence-electron chi connectivity index (χ1n) is 8.54. The van der Waals surface area contributed by atoms with E-state index in [-0.39, 0.29) is 18.4 Å². The van der Waals surface area contributed by atoms with Crippen molar-refractivity contribution in [3.8, 4) is 0 Å². The number of nitrogens with zero attached hydrogens (tertiary/aromatic N) is 1. The third-order valence-corrected chi connectivity index (χ3v) is 4.31. The van der Waals surface area contributed by atoms with Crippen LogP contribution in [0.2, 0.25) is 0 Å².